The quantitative estimate of drug-likeness (QED) is 0.450. The van der Waals surface area contributed by atoms with Crippen LogP contribution in [0.2, 0.25) is 0 Å². The zero-order valence-electron chi connectivity index (χ0n) is 9.65. The maximum absolute atomic E-state index is 12.5. The van der Waals surface area contributed by atoms with Gasteiger partial charge in [0, 0.05) is 17.8 Å². The van der Waals surface area contributed by atoms with Gasteiger partial charge >= 0.3 is 6.18 Å². The van der Waals surface area contributed by atoms with Crippen molar-refractivity contribution in [1.29, 1.82) is 0 Å². The first-order valence-corrected chi connectivity index (χ1v) is 6.63. The topological polar surface area (TPSA) is 46.4 Å². The van der Waals surface area contributed by atoms with Gasteiger partial charge < -0.3 is 4.90 Å². The molecule has 0 saturated heterocycles. The number of rotatable bonds is 4. The van der Waals surface area contributed by atoms with Crippen LogP contribution in [-0.4, -0.2) is 23.7 Å². The lowest BCUT2D eigenvalue weighted by molar-refractivity contribution is -0.385. The molecule has 1 aromatic carbocycles. The number of nitrogens with zero attached hydrogens (tertiary/aromatic N) is 2. The summed E-state index contributed by atoms with van der Waals surface area (Å²) >= 11 is 1.77. The van der Waals surface area contributed by atoms with Crippen molar-refractivity contribution in [3.8, 4) is 0 Å². The summed E-state index contributed by atoms with van der Waals surface area (Å²) in [6.07, 6.45) is -2.83. The molecule has 8 heteroatoms. The van der Waals surface area contributed by atoms with Gasteiger partial charge in [0.25, 0.3) is 5.69 Å². The molecule has 0 spiro atoms. The van der Waals surface area contributed by atoms with E-state index >= 15 is 0 Å². The van der Waals surface area contributed by atoms with Gasteiger partial charge in [0.05, 0.1) is 8.49 Å². The Labute approximate surface area is 120 Å². The molecule has 0 radical (unpaired) electrons. The van der Waals surface area contributed by atoms with Crippen LogP contribution >= 0.6 is 22.6 Å². The smallest absolute Gasteiger partial charge is 0.359 e. The predicted molar refractivity (Wildman–Crippen MR) is 72.2 cm³/mol. The number of anilines is 1. The van der Waals surface area contributed by atoms with Crippen LogP contribution < -0.4 is 4.90 Å². The first-order valence-electron chi connectivity index (χ1n) is 5.55. The monoisotopic (exact) mass is 386 g/mol. The molecule has 0 bridgehead atoms. The summed E-state index contributed by atoms with van der Waals surface area (Å²) < 4.78 is 37.9. The van der Waals surface area contributed by atoms with E-state index in [4.69, 9.17) is 0 Å². The molecule has 0 N–H and O–H groups in total. The van der Waals surface area contributed by atoms with E-state index in [0.717, 1.165) is 12.8 Å². The van der Waals surface area contributed by atoms with Crippen molar-refractivity contribution >= 4 is 34.0 Å². The van der Waals surface area contributed by atoms with Crippen LogP contribution in [-0.2, 0) is 0 Å². The summed E-state index contributed by atoms with van der Waals surface area (Å²) in [6, 6.07) is 3.95. The lowest BCUT2D eigenvalue weighted by atomic mass is 10.2. The molecule has 4 nitrogen and oxygen atoms in total. The Bertz CT molecular complexity index is 503. The first-order chi connectivity index (χ1) is 8.78. The maximum atomic E-state index is 12.5. The lowest BCUT2D eigenvalue weighted by Crippen LogP contribution is -2.36. The minimum atomic E-state index is -4.28. The molecule has 0 unspecified atom stereocenters. The molecule has 0 aromatic heterocycles. The van der Waals surface area contributed by atoms with E-state index in [1.807, 2.05) is 0 Å². The minimum Gasteiger partial charge on any atom is -0.359 e. The van der Waals surface area contributed by atoms with E-state index in [9.17, 15) is 23.3 Å². The van der Waals surface area contributed by atoms with Crippen molar-refractivity contribution in [1.82, 2.24) is 0 Å². The highest BCUT2D eigenvalue weighted by Crippen LogP contribution is 2.36. The number of halogens is 4. The van der Waals surface area contributed by atoms with Gasteiger partial charge in [-0.3, -0.25) is 10.1 Å². The molecule has 19 heavy (non-hydrogen) atoms. The van der Waals surface area contributed by atoms with Gasteiger partial charge in [0.15, 0.2) is 0 Å². The van der Waals surface area contributed by atoms with Gasteiger partial charge in [-0.15, -0.1) is 0 Å². The van der Waals surface area contributed by atoms with E-state index in [0.29, 0.717) is 9.26 Å². The zero-order chi connectivity index (χ0) is 14.2. The number of nitro groups is 1. The van der Waals surface area contributed by atoms with Crippen LogP contribution in [0.4, 0.5) is 24.5 Å². The largest absolute Gasteiger partial charge is 0.405 e. The Morgan fingerprint density at radius 1 is 1.42 bits per heavy atom. The average molecular weight is 386 g/mol. The summed E-state index contributed by atoms with van der Waals surface area (Å²) in [5.74, 6) is 0. The van der Waals surface area contributed by atoms with Crippen molar-refractivity contribution in [3.63, 3.8) is 0 Å². The SMILES string of the molecule is O=[N+]([O-])c1ccc(N(CC(F)(F)F)C2CC2)cc1I. The van der Waals surface area contributed by atoms with Crippen LogP contribution in [0.5, 0.6) is 0 Å². The molecule has 1 aliphatic rings. The van der Waals surface area contributed by atoms with Crippen LogP contribution in [0, 0.1) is 13.7 Å². The van der Waals surface area contributed by atoms with Crippen LogP contribution in [0.15, 0.2) is 18.2 Å². The van der Waals surface area contributed by atoms with E-state index in [1.54, 1.807) is 22.6 Å². The second-order valence-corrected chi connectivity index (χ2v) is 5.53. The fraction of sp³-hybridized carbons (Fsp3) is 0.455. The third-order valence-corrected chi connectivity index (χ3v) is 3.66. The molecule has 1 fully saturated rings. The van der Waals surface area contributed by atoms with E-state index in [2.05, 4.69) is 0 Å². The standard InChI is InChI=1S/C11H10F3IN2O2/c12-11(13,14)6-16(7-1-2-7)8-3-4-10(17(18)19)9(15)5-8/h3-5,7H,1-2,6H2. The number of hydrogen-bond donors (Lipinski definition) is 0. The summed E-state index contributed by atoms with van der Waals surface area (Å²) in [4.78, 5) is 11.4. The number of hydrogen-bond acceptors (Lipinski definition) is 3. The maximum Gasteiger partial charge on any atom is 0.405 e. The van der Waals surface area contributed by atoms with Crippen molar-refractivity contribution in [2.75, 3.05) is 11.4 Å². The first kappa shape index (κ1) is 14.4. The van der Waals surface area contributed by atoms with Crippen LogP contribution in [0.3, 0.4) is 0 Å². The van der Waals surface area contributed by atoms with Crippen molar-refractivity contribution < 1.29 is 18.1 Å². The molecule has 0 atom stereocenters. The highest BCUT2D eigenvalue weighted by atomic mass is 127. The van der Waals surface area contributed by atoms with Crippen molar-refractivity contribution in [2.45, 2.75) is 25.1 Å². The van der Waals surface area contributed by atoms with Gasteiger partial charge in [0.1, 0.15) is 6.54 Å². The molecule has 104 valence electrons. The molecule has 1 aromatic rings. The Balaban J connectivity index is 2.27. The summed E-state index contributed by atoms with van der Waals surface area (Å²) in [6.45, 7) is -1.02. The van der Waals surface area contributed by atoms with Crippen LogP contribution in [0.1, 0.15) is 12.8 Å². The fourth-order valence-electron chi connectivity index (χ4n) is 1.83. The van der Waals surface area contributed by atoms with Gasteiger partial charge in [0.2, 0.25) is 0 Å². The molecular formula is C11H10F3IN2O2. The van der Waals surface area contributed by atoms with Gasteiger partial charge in [-0.05, 0) is 47.6 Å². The molecule has 1 saturated carbocycles. The third kappa shape index (κ3) is 3.71. The summed E-state index contributed by atoms with van der Waals surface area (Å²) in [7, 11) is 0. The number of alkyl halides is 3. The van der Waals surface area contributed by atoms with Crippen molar-refractivity contribution in [2.24, 2.45) is 0 Å². The van der Waals surface area contributed by atoms with Crippen molar-refractivity contribution in [3.05, 3.63) is 31.9 Å². The van der Waals surface area contributed by atoms with E-state index in [1.165, 1.54) is 23.1 Å². The molecule has 2 rings (SSSR count). The Hall–Kier alpha value is -1.06. The van der Waals surface area contributed by atoms with E-state index < -0.39 is 17.6 Å². The lowest BCUT2D eigenvalue weighted by Gasteiger charge is -2.26. The normalized spacial score (nSPS) is 15.4. The molecule has 1 aliphatic carbocycles. The van der Waals surface area contributed by atoms with Gasteiger partial charge in [-0.25, -0.2) is 0 Å². The van der Waals surface area contributed by atoms with E-state index in [-0.39, 0.29) is 11.7 Å². The fourth-order valence-corrected chi connectivity index (χ4v) is 2.53. The average Bonchev–Trinajstić information content (AvgIpc) is 3.07. The van der Waals surface area contributed by atoms with Gasteiger partial charge in [-0.2, -0.15) is 13.2 Å². The zero-order valence-corrected chi connectivity index (χ0v) is 11.8. The Morgan fingerprint density at radius 3 is 2.47 bits per heavy atom. The molecule has 0 amide bonds. The van der Waals surface area contributed by atoms with Crippen LogP contribution in [0.25, 0.3) is 0 Å². The second kappa shape index (κ2) is 5.14. The molecular weight excluding hydrogens is 376 g/mol. The highest BCUT2D eigenvalue weighted by Gasteiger charge is 2.38. The molecule has 0 aliphatic heterocycles. The van der Waals surface area contributed by atoms with Gasteiger partial charge in [-0.1, -0.05) is 0 Å². The minimum absolute atomic E-state index is 0.0906. The number of benzene rings is 1. The second-order valence-electron chi connectivity index (χ2n) is 4.37. The Morgan fingerprint density at radius 2 is 2.05 bits per heavy atom. The summed E-state index contributed by atoms with van der Waals surface area (Å²) in [5.41, 5.74) is 0.293. The highest BCUT2D eigenvalue weighted by molar-refractivity contribution is 14.1. The third-order valence-electron chi connectivity index (χ3n) is 2.80. The predicted octanol–water partition coefficient (Wildman–Crippen LogP) is 3.73. The molecule has 0 heterocycles. The summed E-state index contributed by atoms with van der Waals surface area (Å²) in [5, 5.41) is 10.7. The number of nitro benzene ring substituents is 1. The Kier molecular flexibility index (Phi) is 3.88.